The highest BCUT2D eigenvalue weighted by Gasteiger charge is 2.65. The summed E-state index contributed by atoms with van der Waals surface area (Å²) in [6.45, 7) is 6.34. The predicted octanol–water partition coefficient (Wildman–Crippen LogP) is 6.08. The number of urea groups is 1. The number of ether oxygens (including phenoxy) is 2. The van der Waals surface area contributed by atoms with Gasteiger partial charge in [0.25, 0.3) is 0 Å². The van der Waals surface area contributed by atoms with Gasteiger partial charge in [-0.05, 0) is 36.1 Å². The van der Waals surface area contributed by atoms with Crippen LogP contribution in [-0.4, -0.2) is 34.8 Å². The van der Waals surface area contributed by atoms with E-state index in [1.54, 1.807) is 20.2 Å². The molecular weight excluding hydrogens is 486 g/mol. The third-order valence-electron chi connectivity index (χ3n) is 5.37. The number of amides is 2. The van der Waals surface area contributed by atoms with E-state index in [2.05, 4.69) is 28.3 Å². The monoisotopic (exact) mass is 509 g/mol. The number of rotatable bonds is 4. The van der Waals surface area contributed by atoms with Crippen LogP contribution in [0.1, 0.15) is 35.8 Å². The number of thiazole rings is 1. The number of carbonyl (C=O) groups excluding carboxylic acids is 1. The summed E-state index contributed by atoms with van der Waals surface area (Å²) in [7, 11) is 1.62. The summed E-state index contributed by atoms with van der Waals surface area (Å²) in [4.78, 5) is 19.5. The minimum absolute atomic E-state index is 0.281. The molecule has 186 valence electrons. The van der Waals surface area contributed by atoms with Crippen LogP contribution in [0.15, 0.2) is 53.7 Å². The lowest BCUT2D eigenvalue weighted by Gasteiger charge is -2.31. The van der Waals surface area contributed by atoms with Crippen LogP contribution in [0.4, 0.5) is 22.4 Å². The summed E-state index contributed by atoms with van der Waals surface area (Å²) >= 11 is 1.21. The van der Waals surface area contributed by atoms with Gasteiger partial charge < -0.3 is 14.4 Å². The Bertz CT molecular complexity index is 1320. The fraction of sp³-hybridized carbons (Fsp3) is 0.333. The van der Waals surface area contributed by atoms with E-state index in [4.69, 9.17) is 0 Å². The maximum atomic E-state index is 13.6. The van der Waals surface area contributed by atoms with Gasteiger partial charge in [-0.2, -0.15) is 22.6 Å². The van der Waals surface area contributed by atoms with Gasteiger partial charge in [0.1, 0.15) is 0 Å². The molecule has 0 saturated heterocycles. The molecular formula is C24H23F4N3O3S. The molecule has 1 aliphatic heterocycles. The van der Waals surface area contributed by atoms with Crippen molar-refractivity contribution >= 4 is 17.4 Å². The fourth-order valence-electron chi connectivity index (χ4n) is 3.44. The van der Waals surface area contributed by atoms with Crippen molar-refractivity contribution in [2.24, 2.45) is 4.99 Å². The number of carbonyl (C=O) groups is 1. The Balaban J connectivity index is 1.59. The summed E-state index contributed by atoms with van der Waals surface area (Å²) in [6, 6.07) is 11.1. The first kappa shape index (κ1) is 24.8. The van der Waals surface area contributed by atoms with E-state index in [-0.39, 0.29) is 10.5 Å². The molecule has 0 fully saturated rings. The molecule has 0 spiro atoms. The second-order valence-corrected chi connectivity index (χ2v) is 9.72. The molecule has 0 atom stereocenters. The van der Waals surface area contributed by atoms with Gasteiger partial charge in [0, 0.05) is 30.7 Å². The van der Waals surface area contributed by atoms with Crippen LogP contribution in [-0.2, 0) is 6.54 Å². The number of aryl methyl sites for hydroxylation is 1. The minimum Gasteiger partial charge on any atom is -0.421 e. The first-order chi connectivity index (χ1) is 16.4. The van der Waals surface area contributed by atoms with Crippen LogP contribution in [0.2, 0.25) is 0 Å². The first-order valence-corrected chi connectivity index (χ1v) is 11.5. The molecule has 0 bridgehead atoms. The minimum atomic E-state index is -4.83. The van der Waals surface area contributed by atoms with Gasteiger partial charge in [-0.15, -0.1) is 11.3 Å². The highest BCUT2D eigenvalue weighted by molar-refractivity contribution is 7.09. The van der Waals surface area contributed by atoms with E-state index < -0.39 is 29.7 Å². The third-order valence-corrected chi connectivity index (χ3v) is 6.27. The zero-order valence-electron chi connectivity index (χ0n) is 19.4. The Labute approximate surface area is 203 Å². The van der Waals surface area contributed by atoms with Crippen LogP contribution in [0, 0.1) is 6.92 Å². The molecule has 0 aliphatic carbocycles. The van der Waals surface area contributed by atoms with Crippen LogP contribution in [0.5, 0.6) is 11.5 Å². The second-order valence-electron chi connectivity index (χ2n) is 8.51. The molecule has 4 rings (SSSR count). The topological polar surface area (TPSA) is 56.1 Å². The zero-order valence-corrected chi connectivity index (χ0v) is 20.2. The average Bonchev–Trinajstić information content (AvgIpc) is 3.14. The Morgan fingerprint density at radius 3 is 2.31 bits per heavy atom. The molecule has 0 radical (unpaired) electrons. The molecule has 11 heteroatoms. The van der Waals surface area contributed by atoms with Gasteiger partial charge in [0.15, 0.2) is 16.3 Å². The molecule has 35 heavy (non-hydrogen) atoms. The van der Waals surface area contributed by atoms with Crippen molar-refractivity contribution in [1.82, 2.24) is 9.47 Å². The van der Waals surface area contributed by atoms with Gasteiger partial charge >= 0.3 is 18.2 Å². The molecule has 1 aromatic heterocycles. The summed E-state index contributed by atoms with van der Waals surface area (Å²) in [5.74, 6) is -0.664. The summed E-state index contributed by atoms with van der Waals surface area (Å²) in [5, 5.41) is 0. The average molecular weight is 510 g/mol. The van der Waals surface area contributed by atoms with Gasteiger partial charge in [-0.1, -0.05) is 38.1 Å². The summed E-state index contributed by atoms with van der Waals surface area (Å²) in [5.41, 5.74) is 2.43. The largest absolute Gasteiger partial charge is 0.507 e. The van der Waals surface area contributed by atoms with Crippen molar-refractivity contribution in [3.8, 4) is 17.2 Å². The summed E-state index contributed by atoms with van der Waals surface area (Å²) < 4.78 is 63.9. The Morgan fingerprint density at radius 2 is 1.69 bits per heavy atom. The molecule has 0 unspecified atom stereocenters. The van der Waals surface area contributed by atoms with Gasteiger partial charge in [0.05, 0.1) is 5.69 Å². The summed E-state index contributed by atoms with van der Waals surface area (Å²) in [6.07, 6.45) is -7.97. The van der Waals surface area contributed by atoms with Crippen LogP contribution >= 0.6 is 11.3 Å². The van der Waals surface area contributed by atoms with Crippen molar-refractivity contribution in [2.75, 3.05) is 7.05 Å². The quantitative estimate of drug-likeness (QED) is 0.401. The van der Waals surface area contributed by atoms with Gasteiger partial charge in [-0.25, -0.2) is 4.79 Å². The van der Waals surface area contributed by atoms with E-state index >= 15 is 0 Å². The number of benzene rings is 2. The van der Waals surface area contributed by atoms with Gasteiger partial charge in [0.2, 0.25) is 0 Å². The molecule has 0 saturated carbocycles. The van der Waals surface area contributed by atoms with Crippen molar-refractivity contribution in [3.05, 3.63) is 69.5 Å². The predicted molar refractivity (Wildman–Crippen MR) is 122 cm³/mol. The number of hydrogen-bond acceptors (Lipinski definition) is 4. The van der Waals surface area contributed by atoms with E-state index in [1.807, 2.05) is 24.3 Å². The standard InChI is InChI=1S/C24H23F4N3O3S/c1-14(2)17-7-5-16(6-8-17)13-30(4)21(32)29-22-31(12-15(3)35-22)18-9-10-19-20(11-18)34-24(27,28)23(25,26)33-19/h5-12,14H,13H2,1-4H3/b29-22-. The van der Waals surface area contributed by atoms with E-state index in [9.17, 15) is 22.4 Å². The zero-order chi connectivity index (χ0) is 25.5. The fourth-order valence-corrected chi connectivity index (χ4v) is 4.27. The smallest absolute Gasteiger partial charge is 0.421 e. The van der Waals surface area contributed by atoms with E-state index in [0.717, 1.165) is 22.6 Å². The molecule has 6 nitrogen and oxygen atoms in total. The van der Waals surface area contributed by atoms with Crippen molar-refractivity contribution in [1.29, 1.82) is 0 Å². The highest BCUT2D eigenvalue weighted by atomic mass is 32.1. The van der Waals surface area contributed by atoms with Crippen molar-refractivity contribution in [3.63, 3.8) is 0 Å². The molecule has 2 heterocycles. The lowest BCUT2D eigenvalue weighted by molar-refractivity contribution is -0.391. The van der Waals surface area contributed by atoms with Crippen LogP contribution in [0.3, 0.4) is 0 Å². The lowest BCUT2D eigenvalue weighted by Crippen LogP contribution is -2.52. The number of fused-ring (bicyclic) bond motifs is 1. The number of hydrogen-bond donors (Lipinski definition) is 0. The molecule has 3 aromatic rings. The number of alkyl halides is 4. The van der Waals surface area contributed by atoms with Crippen LogP contribution < -0.4 is 14.3 Å². The number of nitrogens with zero attached hydrogens (tertiary/aromatic N) is 3. The first-order valence-electron chi connectivity index (χ1n) is 10.7. The molecule has 1 aliphatic rings. The molecule has 0 N–H and O–H groups in total. The highest BCUT2D eigenvalue weighted by Crippen LogP contribution is 2.47. The van der Waals surface area contributed by atoms with Crippen LogP contribution in [0.25, 0.3) is 5.69 Å². The van der Waals surface area contributed by atoms with E-state index in [1.165, 1.54) is 32.4 Å². The van der Waals surface area contributed by atoms with Crippen molar-refractivity contribution < 1.29 is 31.8 Å². The maximum absolute atomic E-state index is 13.6. The number of halogens is 4. The number of aromatic nitrogens is 1. The Hall–Kier alpha value is -3.34. The van der Waals surface area contributed by atoms with Crippen molar-refractivity contribution in [2.45, 2.75) is 45.5 Å². The van der Waals surface area contributed by atoms with Gasteiger partial charge in [-0.3, -0.25) is 4.57 Å². The Morgan fingerprint density at radius 1 is 1.06 bits per heavy atom. The lowest BCUT2D eigenvalue weighted by atomic mass is 10.0. The molecule has 2 aromatic carbocycles. The molecule has 2 amide bonds. The second kappa shape index (κ2) is 9.03. The SMILES string of the molecule is Cc1cn(-c2ccc3c(c2)OC(F)(F)C(F)(F)O3)/c(=N/C(=O)N(C)Cc2ccc(C(C)C)cc2)s1. The van der Waals surface area contributed by atoms with E-state index in [0.29, 0.717) is 12.5 Å². The third kappa shape index (κ3) is 5.04. The Kier molecular flexibility index (Phi) is 6.39. The normalized spacial score (nSPS) is 16.4. The maximum Gasteiger partial charge on any atom is 0.507 e.